The van der Waals surface area contributed by atoms with Crippen LogP contribution < -0.4 is 5.32 Å². The summed E-state index contributed by atoms with van der Waals surface area (Å²) in [6.45, 7) is 5.89. The molecule has 1 atom stereocenters. The van der Waals surface area contributed by atoms with Crippen molar-refractivity contribution in [3.63, 3.8) is 0 Å². The van der Waals surface area contributed by atoms with E-state index in [1.54, 1.807) is 0 Å². The van der Waals surface area contributed by atoms with E-state index in [4.69, 9.17) is 0 Å². The minimum Gasteiger partial charge on any atom is -0.343 e. The van der Waals surface area contributed by atoms with Crippen LogP contribution in [0.25, 0.3) is 0 Å². The van der Waals surface area contributed by atoms with Crippen LogP contribution in [-0.2, 0) is 10.2 Å². The summed E-state index contributed by atoms with van der Waals surface area (Å²) in [6, 6.07) is 11.2. The first-order valence-electron chi connectivity index (χ1n) is 9.50. The second-order valence-corrected chi connectivity index (χ2v) is 8.64. The summed E-state index contributed by atoms with van der Waals surface area (Å²) in [5, 5.41) is 13.0. The van der Waals surface area contributed by atoms with Crippen molar-refractivity contribution in [1.29, 1.82) is 5.26 Å². The number of hydrogen-bond donors (Lipinski definition) is 1. The number of nitrogens with one attached hydrogen (secondary N) is 1. The summed E-state index contributed by atoms with van der Waals surface area (Å²) in [7, 11) is 0. The molecular weight excluding hydrogens is 372 g/mol. The highest BCUT2D eigenvalue weighted by Gasteiger charge is 2.49. The Bertz CT molecular complexity index is 1080. The smallest absolute Gasteiger partial charge is 0.266 e. The van der Waals surface area contributed by atoms with Crippen molar-refractivity contribution in [3.8, 4) is 6.07 Å². The minimum absolute atomic E-state index is 0.0351. The van der Waals surface area contributed by atoms with Gasteiger partial charge >= 0.3 is 0 Å². The molecule has 0 spiro atoms. The van der Waals surface area contributed by atoms with E-state index >= 15 is 0 Å². The summed E-state index contributed by atoms with van der Waals surface area (Å²) in [5.41, 5.74) is 0.610. The molecule has 4 nitrogen and oxygen atoms in total. The van der Waals surface area contributed by atoms with Gasteiger partial charge in [-0.05, 0) is 24.3 Å². The third kappa shape index (κ3) is 2.84. The molecule has 148 valence electrons. The lowest BCUT2D eigenvalue weighted by Crippen LogP contribution is -2.43. The van der Waals surface area contributed by atoms with Gasteiger partial charge in [-0.15, -0.1) is 0 Å². The molecule has 1 aliphatic heterocycles. The molecule has 6 heteroatoms. The topological polar surface area (TPSA) is 65.8 Å². The van der Waals surface area contributed by atoms with Gasteiger partial charge in [0.15, 0.2) is 5.78 Å². The van der Waals surface area contributed by atoms with Crippen molar-refractivity contribution < 1.29 is 13.6 Å². The Morgan fingerprint density at radius 3 is 2.48 bits per heavy atom. The average molecular weight is 393 g/mol. The molecule has 0 amide bonds. The van der Waals surface area contributed by atoms with Gasteiger partial charge in [0.2, 0.25) is 0 Å². The van der Waals surface area contributed by atoms with E-state index < -0.39 is 17.4 Å². The number of fused-ring (bicyclic) bond motifs is 1. The Morgan fingerprint density at radius 1 is 1.17 bits per heavy atom. The molecular formula is C23H21F2N3O. The number of carbonyl (C=O) groups is 1. The molecule has 0 saturated carbocycles. The zero-order valence-corrected chi connectivity index (χ0v) is 16.5. The van der Waals surface area contributed by atoms with E-state index in [2.05, 4.69) is 10.3 Å². The number of hydrogen-bond acceptors (Lipinski definition) is 4. The number of allylic oxidation sites excluding steroid dienone is 2. The highest BCUT2D eigenvalue weighted by Crippen LogP contribution is 2.53. The van der Waals surface area contributed by atoms with Crippen molar-refractivity contribution in [1.82, 2.24) is 4.98 Å². The first-order chi connectivity index (χ1) is 13.7. The fraction of sp³-hybridized carbons (Fsp3) is 0.348. The van der Waals surface area contributed by atoms with Crippen LogP contribution in [0.5, 0.6) is 0 Å². The van der Waals surface area contributed by atoms with E-state index in [9.17, 15) is 18.8 Å². The average Bonchev–Trinajstić information content (AvgIpc) is 2.66. The van der Waals surface area contributed by atoms with Crippen molar-refractivity contribution in [3.05, 3.63) is 70.1 Å². The summed E-state index contributed by atoms with van der Waals surface area (Å²) < 4.78 is 27.3. The Labute approximate surface area is 168 Å². The summed E-state index contributed by atoms with van der Waals surface area (Å²) in [4.78, 5) is 17.6. The van der Waals surface area contributed by atoms with Crippen molar-refractivity contribution in [2.45, 2.75) is 45.5 Å². The standard InChI is InChI=1S/C23H21F2N3O/c1-22(2)9-16-19(17(29)10-22)23(3,13-7-5-4-6-8-13)18-14(11-26)15(20(24)25)12-27-21(18)28-16/h4-8,12,20H,9-10H2,1-3H3,(H,27,28). The maximum atomic E-state index is 13.7. The van der Waals surface area contributed by atoms with Gasteiger partial charge in [-0.1, -0.05) is 44.2 Å². The highest BCUT2D eigenvalue weighted by molar-refractivity contribution is 6.03. The van der Waals surface area contributed by atoms with Crippen LogP contribution in [0.2, 0.25) is 0 Å². The molecule has 1 aromatic heterocycles. The maximum absolute atomic E-state index is 13.7. The lowest BCUT2D eigenvalue weighted by molar-refractivity contribution is -0.118. The number of alkyl halides is 2. The number of rotatable bonds is 2. The molecule has 1 unspecified atom stereocenters. The lowest BCUT2D eigenvalue weighted by atomic mass is 9.61. The van der Waals surface area contributed by atoms with Gasteiger partial charge in [0.25, 0.3) is 6.43 Å². The van der Waals surface area contributed by atoms with Gasteiger partial charge in [0.05, 0.1) is 16.5 Å². The molecule has 29 heavy (non-hydrogen) atoms. The number of pyridine rings is 1. The molecule has 4 rings (SSSR count). The molecule has 2 heterocycles. The highest BCUT2D eigenvalue weighted by atomic mass is 19.3. The quantitative estimate of drug-likeness (QED) is 0.755. The van der Waals surface area contributed by atoms with Crippen LogP contribution in [0.4, 0.5) is 14.6 Å². The van der Waals surface area contributed by atoms with Gasteiger partial charge < -0.3 is 5.32 Å². The fourth-order valence-electron chi connectivity index (χ4n) is 4.73. The van der Waals surface area contributed by atoms with Gasteiger partial charge in [-0.25, -0.2) is 13.8 Å². The van der Waals surface area contributed by atoms with Crippen LogP contribution in [-0.4, -0.2) is 10.8 Å². The van der Waals surface area contributed by atoms with Gasteiger partial charge in [0, 0.05) is 29.5 Å². The number of ketones is 1. The van der Waals surface area contributed by atoms with Crippen LogP contribution in [0.3, 0.4) is 0 Å². The molecule has 2 aromatic rings. The first kappa shape index (κ1) is 19.3. The van der Waals surface area contributed by atoms with Gasteiger partial charge in [-0.2, -0.15) is 5.26 Å². The van der Waals surface area contributed by atoms with E-state index in [0.29, 0.717) is 29.8 Å². The van der Waals surface area contributed by atoms with Crippen LogP contribution in [0.1, 0.15) is 62.3 Å². The lowest BCUT2D eigenvalue weighted by Gasteiger charge is -2.45. The predicted molar refractivity (Wildman–Crippen MR) is 105 cm³/mol. The molecule has 2 aliphatic rings. The van der Waals surface area contributed by atoms with Crippen molar-refractivity contribution in [2.75, 3.05) is 5.32 Å². The summed E-state index contributed by atoms with van der Waals surface area (Å²) in [5.74, 6) is 0.327. The normalized spacial score (nSPS) is 22.6. The molecule has 0 bridgehead atoms. The van der Waals surface area contributed by atoms with E-state index in [1.807, 2.05) is 57.2 Å². The monoisotopic (exact) mass is 393 g/mol. The summed E-state index contributed by atoms with van der Waals surface area (Å²) in [6.07, 6.45) is -0.786. The van der Waals surface area contributed by atoms with Crippen molar-refractivity contribution in [2.24, 2.45) is 5.41 Å². The Kier molecular flexibility index (Phi) is 4.30. The number of nitriles is 1. The Hall–Kier alpha value is -3.07. The number of Topliss-reactive ketones (excluding diaryl/α,β-unsaturated/α-hetero) is 1. The van der Waals surface area contributed by atoms with Crippen LogP contribution in [0, 0.1) is 16.7 Å². The zero-order chi connectivity index (χ0) is 21.0. The zero-order valence-electron chi connectivity index (χ0n) is 16.5. The molecule has 0 radical (unpaired) electrons. The SMILES string of the molecule is CC1(C)CC(=O)C2=C(C1)Nc1ncc(C(F)F)c(C#N)c1C2(C)c1ccccc1. The predicted octanol–water partition coefficient (Wildman–Crippen LogP) is 5.27. The fourth-order valence-corrected chi connectivity index (χ4v) is 4.73. The maximum Gasteiger partial charge on any atom is 0.266 e. The number of halogens is 2. The van der Waals surface area contributed by atoms with Gasteiger partial charge in [0.1, 0.15) is 11.9 Å². The van der Waals surface area contributed by atoms with E-state index in [1.165, 1.54) is 0 Å². The third-order valence-electron chi connectivity index (χ3n) is 5.95. The molecule has 1 aromatic carbocycles. The number of benzene rings is 1. The first-order valence-corrected chi connectivity index (χ1v) is 9.50. The van der Waals surface area contributed by atoms with Gasteiger partial charge in [-0.3, -0.25) is 4.79 Å². The van der Waals surface area contributed by atoms with E-state index in [0.717, 1.165) is 17.5 Å². The molecule has 0 saturated heterocycles. The number of anilines is 1. The van der Waals surface area contributed by atoms with Crippen LogP contribution in [0.15, 0.2) is 47.8 Å². The molecule has 1 N–H and O–H groups in total. The van der Waals surface area contributed by atoms with Crippen molar-refractivity contribution >= 4 is 11.6 Å². The number of nitrogens with zero attached hydrogens (tertiary/aromatic N) is 2. The molecule has 1 aliphatic carbocycles. The Balaban J connectivity index is 2.10. The second kappa shape index (κ2) is 6.48. The molecule has 0 fully saturated rings. The largest absolute Gasteiger partial charge is 0.343 e. The van der Waals surface area contributed by atoms with E-state index in [-0.39, 0.29) is 16.8 Å². The summed E-state index contributed by atoms with van der Waals surface area (Å²) >= 11 is 0. The number of carbonyl (C=O) groups excluding carboxylic acids is 1. The minimum atomic E-state index is -2.83. The second-order valence-electron chi connectivity index (χ2n) is 8.64. The number of aromatic nitrogens is 1. The van der Waals surface area contributed by atoms with Crippen LogP contribution >= 0.6 is 0 Å². The third-order valence-corrected chi connectivity index (χ3v) is 5.95. The Morgan fingerprint density at radius 2 is 1.86 bits per heavy atom.